The summed E-state index contributed by atoms with van der Waals surface area (Å²) in [6.45, 7) is 2.11. The molecule has 3 rings (SSSR count). The molecule has 1 atom stereocenters. The van der Waals surface area contributed by atoms with Gasteiger partial charge in [-0.05, 0) is 29.7 Å². The molecule has 5 heteroatoms. The van der Waals surface area contributed by atoms with Crippen molar-refractivity contribution in [2.24, 2.45) is 0 Å². The van der Waals surface area contributed by atoms with Crippen LogP contribution in [0, 0.1) is 0 Å². The fourth-order valence-electron chi connectivity index (χ4n) is 2.95. The van der Waals surface area contributed by atoms with Gasteiger partial charge in [0, 0.05) is 5.02 Å². The lowest BCUT2D eigenvalue weighted by molar-refractivity contribution is -0.132. The molecule has 23 heavy (non-hydrogen) atoms. The van der Waals surface area contributed by atoms with Crippen molar-refractivity contribution in [3.8, 4) is 0 Å². The van der Waals surface area contributed by atoms with Crippen LogP contribution in [-0.4, -0.2) is 16.8 Å². The maximum Gasteiger partial charge on any atom is 0.325 e. The van der Waals surface area contributed by atoms with E-state index in [2.05, 4.69) is 5.32 Å². The fraction of sp³-hybridized carbons (Fsp3) is 0.222. The molecule has 0 aromatic heterocycles. The first kappa shape index (κ1) is 15.6. The summed E-state index contributed by atoms with van der Waals surface area (Å²) in [5.41, 5.74) is 0.632. The zero-order valence-corrected chi connectivity index (χ0v) is 13.5. The Hall–Kier alpha value is -2.33. The van der Waals surface area contributed by atoms with Gasteiger partial charge in [0.05, 0.1) is 6.54 Å². The van der Waals surface area contributed by atoms with Crippen molar-refractivity contribution in [2.45, 2.75) is 25.4 Å². The van der Waals surface area contributed by atoms with E-state index < -0.39 is 5.54 Å². The lowest BCUT2D eigenvalue weighted by Crippen LogP contribution is -2.43. The van der Waals surface area contributed by atoms with Gasteiger partial charge in [0.2, 0.25) is 0 Å². The number of amides is 3. The molecule has 1 fully saturated rings. The molecule has 2 aromatic rings. The molecular weight excluding hydrogens is 312 g/mol. The van der Waals surface area contributed by atoms with Crippen LogP contribution in [0.5, 0.6) is 0 Å². The molecule has 1 aliphatic rings. The predicted octanol–water partition coefficient (Wildman–Crippen LogP) is 3.70. The van der Waals surface area contributed by atoms with E-state index in [0.717, 1.165) is 11.1 Å². The van der Waals surface area contributed by atoms with Gasteiger partial charge >= 0.3 is 6.03 Å². The van der Waals surface area contributed by atoms with Crippen LogP contribution in [0.25, 0.3) is 0 Å². The van der Waals surface area contributed by atoms with Crippen molar-refractivity contribution >= 4 is 23.5 Å². The Balaban J connectivity index is 1.93. The van der Waals surface area contributed by atoms with Gasteiger partial charge in [-0.2, -0.15) is 0 Å². The van der Waals surface area contributed by atoms with Crippen LogP contribution < -0.4 is 5.32 Å². The maximum absolute atomic E-state index is 13.0. The quantitative estimate of drug-likeness (QED) is 0.870. The van der Waals surface area contributed by atoms with Crippen molar-refractivity contribution in [3.63, 3.8) is 0 Å². The summed E-state index contributed by atoms with van der Waals surface area (Å²) >= 11 is 5.98. The zero-order valence-electron chi connectivity index (χ0n) is 12.8. The van der Waals surface area contributed by atoms with Crippen molar-refractivity contribution in [3.05, 3.63) is 70.7 Å². The maximum atomic E-state index is 13.0. The third-order valence-corrected chi connectivity index (χ3v) is 4.44. The molecule has 4 nitrogen and oxygen atoms in total. The second kappa shape index (κ2) is 6.05. The van der Waals surface area contributed by atoms with Gasteiger partial charge in [0.25, 0.3) is 5.91 Å². The highest BCUT2D eigenvalue weighted by molar-refractivity contribution is 6.30. The van der Waals surface area contributed by atoms with Crippen LogP contribution in [0.15, 0.2) is 54.6 Å². The van der Waals surface area contributed by atoms with Gasteiger partial charge in [-0.15, -0.1) is 0 Å². The van der Waals surface area contributed by atoms with E-state index in [-0.39, 0.29) is 18.5 Å². The molecule has 0 spiro atoms. The third kappa shape index (κ3) is 2.70. The van der Waals surface area contributed by atoms with Crippen LogP contribution in [0.1, 0.15) is 24.5 Å². The van der Waals surface area contributed by atoms with Crippen LogP contribution in [0.3, 0.4) is 0 Å². The normalized spacial score (nSPS) is 20.7. The number of urea groups is 1. The molecular formula is C18H17ClN2O2. The Morgan fingerprint density at radius 2 is 1.83 bits per heavy atom. The molecule has 0 unspecified atom stereocenters. The second-order valence-corrected chi connectivity index (χ2v) is 6.01. The van der Waals surface area contributed by atoms with E-state index in [0.29, 0.717) is 11.4 Å². The topological polar surface area (TPSA) is 49.4 Å². The summed E-state index contributed by atoms with van der Waals surface area (Å²) in [6, 6.07) is 16.2. The summed E-state index contributed by atoms with van der Waals surface area (Å²) in [6.07, 6.45) is 0.494. The van der Waals surface area contributed by atoms with E-state index in [4.69, 9.17) is 11.6 Å². The largest absolute Gasteiger partial charge is 0.325 e. The van der Waals surface area contributed by atoms with E-state index in [9.17, 15) is 9.59 Å². The van der Waals surface area contributed by atoms with Crippen molar-refractivity contribution in [1.29, 1.82) is 0 Å². The lowest BCUT2D eigenvalue weighted by Gasteiger charge is -2.25. The minimum absolute atomic E-state index is 0.208. The van der Waals surface area contributed by atoms with E-state index >= 15 is 0 Å². The second-order valence-electron chi connectivity index (χ2n) is 5.58. The molecule has 0 bridgehead atoms. The number of hydrogen-bond donors (Lipinski definition) is 1. The van der Waals surface area contributed by atoms with Gasteiger partial charge in [-0.25, -0.2) is 4.79 Å². The van der Waals surface area contributed by atoms with E-state index in [1.54, 1.807) is 18.2 Å². The molecule has 0 aliphatic carbocycles. The zero-order chi connectivity index (χ0) is 16.4. The summed E-state index contributed by atoms with van der Waals surface area (Å²) in [5.74, 6) is -0.226. The number of carbonyl (C=O) groups is 2. The van der Waals surface area contributed by atoms with E-state index in [1.165, 1.54) is 4.90 Å². The summed E-state index contributed by atoms with van der Waals surface area (Å²) in [4.78, 5) is 26.6. The summed E-state index contributed by atoms with van der Waals surface area (Å²) in [5, 5.41) is 3.46. The summed E-state index contributed by atoms with van der Waals surface area (Å²) < 4.78 is 0. The van der Waals surface area contributed by atoms with Crippen molar-refractivity contribution < 1.29 is 9.59 Å². The Morgan fingerprint density at radius 3 is 2.48 bits per heavy atom. The number of benzene rings is 2. The third-order valence-electron chi connectivity index (χ3n) is 4.20. The first-order valence-corrected chi connectivity index (χ1v) is 7.88. The number of nitrogens with zero attached hydrogens (tertiary/aromatic N) is 1. The molecule has 2 aromatic carbocycles. The van der Waals surface area contributed by atoms with Crippen molar-refractivity contribution in [1.82, 2.24) is 10.2 Å². The number of carbonyl (C=O) groups excluding carboxylic acids is 2. The number of rotatable bonds is 4. The first-order chi connectivity index (χ1) is 11.1. The molecule has 0 saturated carbocycles. The molecule has 0 radical (unpaired) electrons. The molecule has 1 heterocycles. The van der Waals surface area contributed by atoms with Gasteiger partial charge < -0.3 is 5.32 Å². The van der Waals surface area contributed by atoms with Crippen molar-refractivity contribution in [2.75, 3.05) is 0 Å². The Bertz CT molecular complexity index is 748. The summed E-state index contributed by atoms with van der Waals surface area (Å²) in [7, 11) is 0. The Morgan fingerprint density at radius 1 is 1.09 bits per heavy atom. The fourth-order valence-corrected chi connectivity index (χ4v) is 3.16. The van der Waals surface area contributed by atoms with Crippen LogP contribution in [0.4, 0.5) is 4.79 Å². The van der Waals surface area contributed by atoms with Gasteiger partial charge in [0.1, 0.15) is 5.54 Å². The van der Waals surface area contributed by atoms with Crippen LogP contribution >= 0.6 is 11.6 Å². The minimum Gasteiger partial charge on any atom is -0.319 e. The molecule has 1 N–H and O–H groups in total. The van der Waals surface area contributed by atoms with Crippen LogP contribution in [0.2, 0.25) is 5.02 Å². The smallest absolute Gasteiger partial charge is 0.319 e. The predicted molar refractivity (Wildman–Crippen MR) is 88.9 cm³/mol. The highest BCUT2D eigenvalue weighted by atomic mass is 35.5. The first-order valence-electron chi connectivity index (χ1n) is 7.51. The molecule has 3 amide bonds. The lowest BCUT2D eigenvalue weighted by atomic mass is 9.87. The number of imide groups is 1. The monoisotopic (exact) mass is 328 g/mol. The van der Waals surface area contributed by atoms with E-state index in [1.807, 2.05) is 43.3 Å². The SMILES string of the molecule is CC[C@]1(c2ccccc2)NC(=O)N(Cc2cccc(Cl)c2)C1=O. The highest BCUT2D eigenvalue weighted by Crippen LogP contribution is 2.33. The van der Waals surface area contributed by atoms with Gasteiger partial charge in [-0.1, -0.05) is 61.0 Å². The average molecular weight is 329 g/mol. The number of nitrogens with one attached hydrogen (secondary N) is 1. The average Bonchev–Trinajstić information content (AvgIpc) is 2.81. The van der Waals surface area contributed by atoms with Gasteiger partial charge in [0.15, 0.2) is 0 Å². The standard InChI is InChI=1S/C18H17ClN2O2/c1-2-18(14-8-4-3-5-9-14)16(22)21(17(23)20-18)12-13-7-6-10-15(19)11-13/h3-11H,2,12H2,1H3,(H,20,23)/t18-/m1/s1. The Labute approximate surface area is 140 Å². The minimum atomic E-state index is -0.989. The van der Waals surface area contributed by atoms with Gasteiger partial charge in [-0.3, -0.25) is 9.69 Å². The Kier molecular flexibility index (Phi) is 4.09. The molecule has 1 saturated heterocycles. The number of hydrogen-bond acceptors (Lipinski definition) is 2. The highest BCUT2D eigenvalue weighted by Gasteiger charge is 2.50. The molecule has 1 aliphatic heterocycles. The number of halogens is 1. The molecule has 118 valence electrons. The van der Waals surface area contributed by atoms with Crippen LogP contribution in [-0.2, 0) is 16.9 Å².